The van der Waals surface area contributed by atoms with Gasteiger partial charge in [-0.05, 0) is 24.3 Å². The van der Waals surface area contributed by atoms with Crippen molar-refractivity contribution in [1.82, 2.24) is 9.97 Å². The minimum atomic E-state index is -0.691. The first-order valence-corrected chi connectivity index (χ1v) is 7.17. The quantitative estimate of drug-likeness (QED) is 0.626. The maximum absolute atomic E-state index is 11.8. The van der Waals surface area contributed by atoms with Crippen LogP contribution < -0.4 is 5.32 Å². The van der Waals surface area contributed by atoms with Gasteiger partial charge in [-0.15, -0.1) is 0 Å². The number of anilines is 1. The number of amides is 1. The summed E-state index contributed by atoms with van der Waals surface area (Å²) in [6.45, 7) is -0.466. The third-order valence-corrected chi connectivity index (χ3v) is 2.89. The lowest BCUT2D eigenvalue weighted by molar-refractivity contribution is -0.142. The number of carbonyl (C=O) groups excluding carboxylic acids is 3. The number of aromatic nitrogens is 2. The number of hydrogen-bond acceptors (Lipinski definition) is 7. The number of nitrogens with zero attached hydrogens (tertiary/aromatic N) is 2. The SMILES string of the molecule is COC(=O)c1cccc(NC(=O)COC(=O)/C=C/c2cnccn2)c1. The number of carbonyl (C=O) groups is 3. The van der Waals surface area contributed by atoms with Crippen LogP contribution in [0.1, 0.15) is 16.1 Å². The van der Waals surface area contributed by atoms with Gasteiger partial charge in [0, 0.05) is 24.2 Å². The molecule has 0 fully saturated rings. The van der Waals surface area contributed by atoms with Gasteiger partial charge in [0.15, 0.2) is 6.61 Å². The summed E-state index contributed by atoms with van der Waals surface area (Å²) in [5.74, 6) is -1.75. The summed E-state index contributed by atoms with van der Waals surface area (Å²) in [6.07, 6.45) is 7.04. The van der Waals surface area contributed by atoms with Crippen LogP contribution in [-0.2, 0) is 19.1 Å². The van der Waals surface area contributed by atoms with E-state index in [9.17, 15) is 14.4 Å². The summed E-state index contributed by atoms with van der Waals surface area (Å²) < 4.78 is 9.42. The molecule has 0 spiro atoms. The third-order valence-electron chi connectivity index (χ3n) is 2.89. The summed E-state index contributed by atoms with van der Waals surface area (Å²) in [4.78, 5) is 42.6. The van der Waals surface area contributed by atoms with Gasteiger partial charge in [-0.2, -0.15) is 0 Å². The number of benzene rings is 1. The van der Waals surface area contributed by atoms with Crippen molar-refractivity contribution in [3.63, 3.8) is 0 Å². The lowest BCUT2D eigenvalue weighted by atomic mass is 10.2. The van der Waals surface area contributed by atoms with Gasteiger partial charge < -0.3 is 14.8 Å². The molecular weight excluding hydrogens is 326 g/mol. The molecule has 8 nitrogen and oxygen atoms in total. The van der Waals surface area contributed by atoms with Gasteiger partial charge in [-0.1, -0.05) is 6.07 Å². The number of ether oxygens (including phenoxy) is 2. The zero-order valence-electron chi connectivity index (χ0n) is 13.3. The summed E-state index contributed by atoms with van der Waals surface area (Å²) >= 11 is 0. The molecule has 0 aliphatic carbocycles. The first-order chi connectivity index (χ1) is 12.1. The van der Waals surface area contributed by atoms with Crippen LogP contribution in [0.25, 0.3) is 6.08 Å². The highest BCUT2D eigenvalue weighted by molar-refractivity contribution is 5.96. The van der Waals surface area contributed by atoms with Gasteiger partial charge in [0.05, 0.1) is 24.6 Å². The van der Waals surface area contributed by atoms with Crippen LogP contribution in [-0.4, -0.2) is 41.5 Å². The maximum Gasteiger partial charge on any atom is 0.337 e. The average Bonchev–Trinajstić information content (AvgIpc) is 2.65. The average molecular weight is 341 g/mol. The van der Waals surface area contributed by atoms with E-state index in [4.69, 9.17) is 4.74 Å². The number of nitrogens with one attached hydrogen (secondary N) is 1. The molecule has 1 N–H and O–H groups in total. The Bertz CT molecular complexity index is 790. The van der Waals surface area contributed by atoms with Gasteiger partial charge in [-0.3, -0.25) is 14.8 Å². The fourth-order valence-electron chi connectivity index (χ4n) is 1.77. The Hall–Kier alpha value is -3.55. The zero-order valence-corrected chi connectivity index (χ0v) is 13.3. The maximum atomic E-state index is 11.8. The van der Waals surface area contributed by atoms with E-state index >= 15 is 0 Å². The van der Waals surface area contributed by atoms with Gasteiger partial charge in [0.2, 0.25) is 0 Å². The molecule has 1 amide bonds. The molecule has 1 heterocycles. The standard InChI is InChI=1S/C17H15N3O5/c1-24-17(23)12-3-2-4-13(9-12)20-15(21)11-25-16(22)6-5-14-10-18-7-8-19-14/h2-10H,11H2,1H3,(H,20,21)/b6-5+. The fourth-order valence-corrected chi connectivity index (χ4v) is 1.77. The van der Waals surface area contributed by atoms with Gasteiger partial charge in [0.25, 0.3) is 5.91 Å². The van der Waals surface area contributed by atoms with Gasteiger partial charge in [-0.25, -0.2) is 9.59 Å². The van der Waals surface area contributed by atoms with Crippen molar-refractivity contribution in [2.24, 2.45) is 0 Å². The predicted molar refractivity (Wildman–Crippen MR) is 88.4 cm³/mol. The fraction of sp³-hybridized carbons (Fsp3) is 0.118. The molecule has 0 saturated carbocycles. The Kier molecular flexibility index (Phi) is 6.35. The van der Waals surface area contributed by atoms with Crippen LogP contribution >= 0.6 is 0 Å². The molecular formula is C17H15N3O5. The van der Waals surface area contributed by atoms with Crippen LogP contribution in [0, 0.1) is 0 Å². The lowest BCUT2D eigenvalue weighted by Crippen LogP contribution is -2.20. The molecule has 0 unspecified atom stereocenters. The normalized spacial score (nSPS) is 10.3. The Labute approximate surface area is 143 Å². The number of rotatable bonds is 6. The molecule has 0 aliphatic heterocycles. The monoisotopic (exact) mass is 341 g/mol. The second-order valence-corrected chi connectivity index (χ2v) is 4.69. The number of hydrogen-bond donors (Lipinski definition) is 1. The van der Waals surface area contributed by atoms with E-state index < -0.39 is 24.5 Å². The highest BCUT2D eigenvalue weighted by atomic mass is 16.5. The molecule has 0 bridgehead atoms. The predicted octanol–water partition coefficient (Wildman–Crippen LogP) is 1.46. The molecule has 2 aromatic rings. The van der Waals surface area contributed by atoms with E-state index in [1.165, 1.54) is 37.8 Å². The number of esters is 2. The summed E-state index contributed by atoms with van der Waals surface area (Å²) in [6, 6.07) is 6.20. The van der Waals surface area contributed by atoms with Crippen LogP contribution in [0.15, 0.2) is 48.9 Å². The van der Waals surface area contributed by atoms with E-state index in [-0.39, 0.29) is 0 Å². The second kappa shape index (κ2) is 8.92. The minimum Gasteiger partial charge on any atom is -0.465 e. The molecule has 128 valence electrons. The lowest BCUT2D eigenvalue weighted by Gasteiger charge is -2.06. The van der Waals surface area contributed by atoms with Crippen molar-refractivity contribution in [2.75, 3.05) is 19.0 Å². The molecule has 1 aromatic carbocycles. The largest absolute Gasteiger partial charge is 0.465 e. The van der Waals surface area contributed by atoms with E-state index in [1.807, 2.05) is 0 Å². The second-order valence-electron chi connectivity index (χ2n) is 4.69. The van der Waals surface area contributed by atoms with Crippen molar-refractivity contribution in [2.45, 2.75) is 0 Å². The van der Waals surface area contributed by atoms with Crippen molar-refractivity contribution in [1.29, 1.82) is 0 Å². The Morgan fingerprint density at radius 2 is 2.08 bits per heavy atom. The highest BCUT2D eigenvalue weighted by Crippen LogP contribution is 2.11. The Morgan fingerprint density at radius 3 is 2.80 bits per heavy atom. The van der Waals surface area contributed by atoms with E-state index in [0.29, 0.717) is 16.9 Å². The van der Waals surface area contributed by atoms with Crippen molar-refractivity contribution < 1.29 is 23.9 Å². The van der Waals surface area contributed by atoms with E-state index in [1.54, 1.807) is 18.2 Å². The Balaban J connectivity index is 1.83. The van der Waals surface area contributed by atoms with Crippen LogP contribution in [0.4, 0.5) is 5.69 Å². The molecule has 25 heavy (non-hydrogen) atoms. The van der Waals surface area contributed by atoms with Crippen molar-refractivity contribution in [3.05, 3.63) is 60.2 Å². The summed E-state index contributed by atoms with van der Waals surface area (Å²) in [5, 5.41) is 2.52. The third kappa shape index (κ3) is 5.87. The van der Waals surface area contributed by atoms with E-state index in [0.717, 1.165) is 6.08 Å². The highest BCUT2D eigenvalue weighted by Gasteiger charge is 2.09. The number of methoxy groups -OCH3 is 1. The van der Waals surface area contributed by atoms with Crippen molar-refractivity contribution in [3.8, 4) is 0 Å². The molecule has 2 rings (SSSR count). The minimum absolute atomic E-state index is 0.296. The van der Waals surface area contributed by atoms with Gasteiger partial charge >= 0.3 is 11.9 Å². The Morgan fingerprint density at radius 1 is 1.24 bits per heavy atom. The molecule has 8 heteroatoms. The molecule has 1 aromatic heterocycles. The summed E-state index contributed by atoms with van der Waals surface area (Å²) in [7, 11) is 1.27. The molecule has 0 aliphatic rings. The summed E-state index contributed by atoms with van der Waals surface area (Å²) in [5.41, 5.74) is 1.17. The van der Waals surface area contributed by atoms with Crippen LogP contribution in [0.5, 0.6) is 0 Å². The van der Waals surface area contributed by atoms with Crippen LogP contribution in [0.2, 0.25) is 0 Å². The first-order valence-electron chi connectivity index (χ1n) is 7.17. The smallest absolute Gasteiger partial charge is 0.337 e. The molecule has 0 atom stereocenters. The molecule has 0 saturated heterocycles. The van der Waals surface area contributed by atoms with Crippen molar-refractivity contribution >= 4 is 29.6 Å². The molecule has 0 radical (unpaired) electrons. The van der Waals surface area contributed by atoms with Gasteiger partial charge in [0.1, 0.15) is 0 Å². The zero-order chi connectivity index (χ0) is 18.1. The topological polar surface area (TPSA) is 107 Å². The van der Waals surface area contributed by atoms with Crippen LogP contribution in [0.3, 0.4) is 0 Å². The first kappa shape index (κ1) is 17.8. The van der Waals surface area contributed by atoms with E-state index in [2.05, 4.69) is 20.0 Å².